The highest BCUT2D eigenvalue weighted by molar-refractivity contribution is 5.99. The normalized spacial score (nSPS) is 24.7. The highest BCUT2D eigenvalue weighted by Gasteiger charge is 2.21. The Hall–Kier alpha value is -1.11. The summed E-state index contributed by atoms with van der Waals surface area (Å²) in [6.45, 7) is 10.9. The molecule has 0 aromatic rings. The molecule has 1 fully saturated rings. The molecule has 0 radical (unpaired) electrons. The predicted octanol–water partition coefficient (Wildman–Crippen LogP) is 5.24. The summed E-state index contributed by atoms with van der Waals surface area (Å²) in [5.74, 6) is 1.75. The summed E-state index contributed by atoms with van der Waals surface area (Å²) in [7, 11) is 0. The van der Waals surface area contributed by atoms with Gasteiger partial charge in [-0.1, -0.05) is 39.0 Å². The number of rotatable bonds is 4. The molecule has 1 atom stereocenters. The third kappa shape index (κ3) is 4.81. The number of hydrogen-bond acceptors (Lipinski definition) is 1. The van der Waals surface area contributed by atoms with E-state index in [-0.39, 0.29) is 0 Å². The summed E-state index contributed by atoms with van der Waals surface area (Å²) in [5.41, 5.74) is 3.57. The van der Waals surface area contributed by atoms with Crippen molar-refractivity contribution in [2.24, 2.45) is 11.8 Å². The molecule has 106 valence electrons. The molecule has 0 aliphatic heterocycles. The standard InChI is InChI=1S/C18H28O/c1-6-15-11-16(7-2)18(19)12-17(15)9-8-14(5)10-13(3)4/h6-7,9,13-14H,8,10-12H2,1-5H3/b15-6-,16-7-,17-9-. The minimum absolute atomic E-state index is 0.302. The minimum Gasteiger partial charge on any atom is -0.294 e. The van der Waals surface area contributed by atoms with E-state index in [1.54, 1.807) is 0 Å². The van der Waals surface area contributed by atoms with Crippen molar-refractivity contribution in [3.63, 3.8) is 0 Å². The van der Waals surface area contributed by atoms with Crippen molar-refractivity contribution in [2.75, 3.05) is 0 Å². The quantitative estimate of drug-likeness (QED) is 0.632. The summed E-state index contributed by atoms with van der Waals surface area (Å²) >= 11 is 0. The molecule has 19 heavy (non-hydrogen) atoms. The maximum absolute atomic E-state index is 12.0. The Bertz CT molecular complexity index is 407. The zero-order valence-corrected chi connectivity index (χ0v) is 13.1. The molecule has 1 rings (SSSR count). The van der Waals surface area contributed by atoms with Gasteiger partial charge in [0, 0.05) is 12.8 Å². The highest BCUT2D eigenvalue weighted by atomic mass is 16.1. The first-order valence-electron chi connectivity index (χ1n) is 7.50. The average molecular weight is 260 g/mol. The summed E-state index contributed by atoms with van der Waals surface area (Å²) in [6.07, 6.45) is 10.2. The van der Waals surface area contributed by atoms with Crippen LogP contribution in [0.4, 0.5) is 0 Å². The van der Waals surface area contributed by atoms with E-state index in [1.807, 2.05) is 13.0 Å². The maximum Gasteiger partial charge on any atom is 0.163 e. The molecular formula is C18H28O. The second kappa shape index (κ2) is 7.47. The third-order valence-electron chi connectivity index (χ3n) is 3.84. The van der Waals surface area contributed by atoms with Gasteiger partial charge >= 0.3 is 0 Å². The molecule has 1 unspecified atom stereocenters. The fraction of sp³-hybridized carbons (Fsp3) is 0.611. The van der Waals surface area contributed by atoms with Crippen LogP contribution in [0.2, 0.25) is 0 Å². The Morgan fingerprint density at radius 3 is 2.16 bits per heavy atom. The van der Waals surface area contributed by atoms with Crippen LogP contribution in [-0.2, 0) is 4.79 Å². The molecule has 0 amide bonds. The number of carbonyl (C=O) groups excluding carboxylic acids is 1. The van der Waals surface area contributed by atoms with E-state index in [0.717, 1.165) is 24.3 Å². The lowest BCUT2D eigenvalue weighted by Gasteiger charge is -2.21. The zero-order chi connectivity index (χ0) is 14.4. The topological polar surface area (TPSA) is 17.1 Å². The molecule has 1 aliphatic carbocycles. The molecule has 1 aliphatic rings. The molecular weight excluding hydrogens is 232 g/mol. The lowest BCUT2D eigenvalue weighted by Crippen LogP contribution is -2.13. The SMILES string of the molecule is C/C=C1/CC(=C/C)/C(=C\CC(C)CC(C)C)CC1=O. The van der Waals surface area contributed by atoms with Gasteiger partial charge in [0.05, 0.1) is 0 Å². The highest BCUT2D eigenvalue weighted by Crippen LogP contribution is 2.31. The van der Waals surface area contributed by atoms with Crippen molar-refractivity contribution in [3.8, 4) is 0 Å². The lowest BCUT2D eigenvalue weighted by molar-refractivity contribution is -0.115. The summed E-state index contributed by atoms with van der Waals surface area (Å²) in [6, 6.07) is 0. The molecule has 0 aromatic heterocycles. The van der Waals surface area contributed by atoms with Gasteiger partial charge in [-0.3, -0.25) is 4.79 Å². The van der Waals surface area contributed by atoms with Crippen molar-refractivity contribution in [2.45, 2.75) is 60.3 Å². The third-order valence-corrected chi connectivity index (χ3v) is 3.84. The van der Waals surface area contributed by atoms with Crippen LogP contribution >= 0.6 is 0 Å². The number of hydrogen-bond donors (Lipinski definition) is 0. The van der Waals surface area contributed by atoms with Crippen LogP contribution < -0.4 is 0 Å². The molecule has 0 saturated heterocycles. The van der Waals surface area contributed by atoms with Crippen LogP contribution in [0.15, 0.2) is 34.9 Å². The Balaban J connectivity index is 2.73. The smallest absolute Gasteiger partial charge is 0.163 e. The number of ketones is 1. The van der Waals surface area contributed by atoms with Gasteiger partial charge in [0.15, 0.2) is 5.78 Å². The van der Waals surface area contributed by atoms with Crippen molar-refractivity contribution < 1.29 is 4.79 Å². The fourth-order valence-corrected chi connectivity index (χ4v) is 2.82. The molecule has 0 N–H and O–H groups in total. The van der Waals surface area contributed by atoms with Gasteiger partial charge in [0.2, 0.25) is 0 Å². The van der Waals surface area contributed by atoms with E-state index >= 15 is 0 Å². The molecule has 0 aromatic carbocycles. The van der Waals surface area contributed by atoms with Gasteiger partial charge in [0.25, 0.3) is 0 Å². The van der Waals surface area contributed by atoms with Crippen LogP contribution in [0.1, 0.15) is 60.3 Å². The zero-order valence-electron chi connectivity index (χ0n) is 13.1. The van der Waals surface area contributed by atoms with Crippen LogP contribution in [0.5, 0.6) is 0 Å². The monoisotopic (exact) mass is 260 g/mol. The van der Waals surface area contributed by atoms with Gasteiger partial charge in [0.1, 0.15) is 0 Å². The lowest BCUT2D eigenvalue weighted by atomic mass is 9.83. The van der Waals surface area contributed by atoms with Crippen molar-refractivity contribution in [1.82, 2.24) is 0 Å². The van der Waals surface area contributed by atoms with E-state index in [1.165, 1.54) is 17.6 Å². The molecule has 1 heteroatoms. The van der Waals surface area contributed by atoms with Crippen LogP contribution in [0.3, 0.4) is 0 Å². The first kappa shape index (κ1) is 15.9. The van der Waals surface area contributed by atoms with Crippen LogP contribution in [0.25, 0.3) is 0 Å². The number of Topliss-reactive ketones (excluding diaryl/α,β-unsaturated/α-hetero) is 1. The number of allylic oxidation sites excluding steroid dienone is 6. The van der Waals surface area contributed by atoms with E-state index in [0.29, 0.717) is 18.1 Å². The van der Waals surface area contributed by atoms with Gasteiger partial charge in [-0.25, -0.2) is 0 Å². The molecule has 0 bridgehead atoms. The second-order valence-electron chi connectivity index (χ2n) is 6.10. The van der Waals surface area contributed by atoms with E-state index in [2.05, 4.69) is 39.8 Å². The van der Waals surface area contributed by atoms with Crippen LogP contribution in [-0.4, -0.2) is 5.78 Å². The maximum atomic E-state index is 12.0. The molecule has 0 heterocycles. The summed E-state index contributed by atoms with van der Waals surface area (Å²) in [5, 5.41) is 0. The molecule has 1 saturated carbocycles. The minimum atomic E-state index is 0.302. The Morgan fingerprint density at radius 1 is 1.00 bits per heavy atom. The summed E-state index contributed by atoms with van der Waals surface area (Å²) in [4.78, 5) is 12.0. The Labute approximate surface area is 118 Å². The second-order valence-corrected chi connectivity index (χ2v) is 6.10. The fourth-order valence-electron chi connectivity index (χ4n) is 2.82. The van der Waals surface area contributed by atoms with Crippen molar-refractivity contribution in [3.05, 3.63) is 34.9 Å². The molecule has 1 nitrogen and oxygen atoms in total. The molecule has 0 spiro atoms. The first-order valence-corrected chi connectivity index (χ1v) is 7.50. The van der Waals surface area contributed by atoms with Gasteiger partial charge in [-0.2, -0.15) is 0 Å². The summed E-state index contributed by atoms with van der Waals surface area (Å²) < 4.78 is 0. The van der Waals surface area contributed by atoms with Crippen molar-refractivity contribution >= 4 is 5.78 Å². The largest absolute Gasteiger partial charge is 0.294 e. The van der Waals surface area contributed by atoms with Crippen molar-refractivity contribution in [1.29, 1.82) is 0 Å². The first-order chi connectivity index (χ1) is 8.97. The van der Waals surface area contributed by atoms with E-state index < -0.39 is 0 Å². The van der Waals surface area contributed by atoms with E-state index in [4.69, 9.17) is 0 Å². The van der Waals surface area contributed by atoms with E-state index in [9.17, 15) is 4.79 Å². The average Bonchev–Trinajstić information content (AvgIpc) is 2.35. The Morgan fingerprint density at radius 2 is 1.63 bits per heavy atom. The van der Waals surface area contributed by atoms with Gasteiger partial charge in [-0.15, -0.1) is 0 Å². The predicted molar refractivity (Wildman–Crippen MR) is 83.1 cm³/mol. The van der Waals surface area contributed by atoms with Gasteiger partial charge < -0.3 is 0 Å². The Kier molecular flexibility index (Phi) is 6.27. The van der Waals surface area contributed by atoms with Crippen LogP contribution in [0, 0.1) is 11.8 Å². The van der Waals surface area contributed by atoms with Gasteiger partial charge in [-0.05, 0) is 55.2 Å². The number of carbonyl (C=O) groups is 1.